The van der Waals surface area contributed by atoms with Gasteiger partial charge in [-0.05, 0) is 13.0 Å². The molecule has 0 fully saturated rings. The van der Waals surface area contributed by atoms with Crippen LogP contribution in [0.25, 0.3) is 0 Å². The van der Waals surface area contributed by atoms with Gasteiger partial charge in [0.15, 0.2) is 0 Å². The van der Waals surface area contributed by atoms with Gasteiger partial charge in [-0.15, -0.1) is 0 Å². The van der Waals surface area contributed by atoms with Crippen molar-refractivity contribution in [2.75, 3.05) is 36.3 Å². The number of nitrogens with zero attached hydrogens (tertiary/aromatic N) is 2. The predicted octanol–water partition coefficient (Wildman–Crippen LogP) is 0.993. The molecule has 1 rings (SSSR count). The number of hydrogen-bond donors (Lipinski definition) is 1. The summed E-state index contributed by atoms with van der Waals surface area (Å²) < 4.78 is 22.4. The van der Waals surface area contributed by atoms with Crippen LogP contribution in [0.2, 0.25) is 0 Å². The Balaban J connectivity index is 2.81. The highest BCUT2D eigenvalue weighted by Crippen LogP contribution is 2.22. The molecule has 0 saturated carbocycles. The van der Waals surface area contributed by atoms with Crippen molar-refractivity contribution in [2.45, 2.75) is 13.0 Å². The van der Waals surface area contributed by atoms with Crippen LogP contribution in [0.15, 0.2) is 18.5 Å². The van der Waals surface area contributed by atoms with Gasteiger partial charge in [0.25, 0.3) is 0 Å². The second kappa shape index (κ2) is 5.35. The standard InChI is InChI=1S/C11H19N3O2S/c1-9(8-17(4,15)16)13-10-7-12-6-5-11(10)14(2)3/h5-7,9,13H,8H2,1-4H3. The van der Waals surface area contributed by atoms with E-state index in [1.165, 1.54) is 6.26 Å². The highest BCUT2D eigenvalue weighted by molar-refractivity contribution is 7.90. The third kappa shape index (κ3) is 4.60. The van der Waals surface area contributed by atoms with Crippen molar-refractivity contribution in [2.24, 2.45) is 0 Å². The van der Waals surface area contributed by atoms with Crippen LogP contribution >= 0.6 is 0 Å². The molecule has 1 atom stereocenters. The van der Waals surface area contributed by atoms with Gasteiger partial charge in [0.1, 0.15) is 9.84 Å². The molecular formula is C11H19N3O2S. The normalized spacial score (nSPS) is 13.2. The fourth-order valence-electron chi connectivity index (χ4n) is 1.65. The summed E-state index contributed by atoms with van der Waals surface area (Å²) in [5.74, 6) is 0.106. The first-order chi connectivity index (χ1) is 7.79. The van der Waals surface area contributed by atoms with E-state index in [9.17, 15) is 8.42 Å². The summed E-state index contributed by atoms with van der Waals surface area (Å²) >= 11 is 0. The highest BCUT2D eigenvalue weighted by Gasteiger charge is 2.12. The molecule has 0 aromatic carbocycles. The van der Waals surface area contributed by atoms with E-state index in [0.717, 1.165) is 11.4 Å². The monoisotopic (exact) mass is 257 g/mol. The largest absolute Gasteiger partial charge is 0.379 e. The smallest absolute Gasteiger partial charge is 0.149 e. The number of hydrogen-bond acceptors (Lipinski definition) is 5. The number of nitrogens with one attached hydrogen (secondary N) is 1. The molecule has 5 nitrogen and oxygen atoms in total. The van der Waals surface area contributed by atoms with Crippen molar-refractivity contribution in [3.8, 4) is 0 Å². The van der Waals surface area contributed by atoms with Crippen molar-refractivity contribution < 1.29 is 8.42 Å². The zero-order valence-corrected chi connectivity index (χ0v) is 11.5. The van der Waals surface area contributed by atoms with Crippen LogP contribution < -0.4 is 10.2 Å². The Morgan fingerprint density at radius 2 is 2.12 bits per heavy atom. The van der Waals surface area contributed by atoms with Crippen LogP contribution in [0.5, 0.6) is 0 Å². The fourth-order valence-corrected chi connectivity index (χ4v) is 2.64. The minimum atomic E-state index is -2.97. The van der Waals surface area contributed by atoms with Crippen LogP contribution in [0, 0.1) is 0 Å². The van der Waals surface area contributed by atoms with E-state index in [0.29, 0.717) is 0 Å². The maximum absolute atomic E-state index is 11.2. The van der Waals surface area contributed by atoms with E-state index >= 15 is 0 Å². The summed E-state index contributed by atoms with van der Waals surface area (Å²) in [4.78, 5) is 5.99. The van der Waals surface area contributed by atoms with E-state index in [-0.39, 0.29) is 11.8 Å². The molecule has 0 aliphatic rings. The molecule has 0 radical (unpaired) electrons. The second-order valence-corrected chi connectivity index (χ2v) is 6.61. The molecule has 0 aliphatic heterocycles. The first kappa shape index (κ1) is 13.8. The van der Waals surface area contributed by atoms with Crippen molar-refractivity contribution >= 4 is 21.2 Å². The summed E-state index contributed by atoms with van der Waals surface area (Å²) in [6.07, 6.45) is 4.65. The van der Waals surface area contributed by atoms with Crippen molar-refractivity contribution in [1.29, 1.82) is 0 Å². The molecule has 0 amide bonds. The molecule has 1 aromatic heterocycles. The topological polar surface area (TPSA) is 62.3 Å². The predicted molar refractivity (Wildman–Crippen MR) is 71.4 cm³/mol. The van der Waals surface area contributed by atoms with Crippen LogP contribution in [0.1, 0.15) is 6.92 Å². The lowest BCUT2D eigenvalue weighted by Crippen LogP contribution is -2.26. The molecule has 17 heavy (non-hydrogen) atoms. The van der Waals surface area contributed by atoms with E-state index in [1.54, 1.807) is 12.4 Å². The van der Waals surface area contributed by atoms with Gasteiger partial charge in [0.2, 0.25) is 0 Å². The van der Waals surface area contributed by atoms with Crippen molar-refractivity contribution in [1.82, 2.24) is 4.98 Å². The van der Waals surface area contributed by atoms with Crippen LogP contribution in [0.3, 0.4) is 0 Å². The molecule has 1 heterocycles. The molecule has 0 bridgehead atoms. The van der Waals surface area contributed by atoms with Gasteiger partial charge >= 0.3 is 0 Å². The summed E-state index contributed by atoms with van der Waals surface area (Å²) in [5, 5.41) is 3.17. The van der Waals surface area contributed by atoms with Gasteiger partial charge in [-0.1, -0.05) is 0 Å². The van der Waals surface area contributed by atoms with Gasteiger partial charge in [0.05, 0.1) is 23.3 Å². The van der Waals surface area contributed by atoms with Gasteiger partial charge in [-0.3, -0.25) is 4.98 Å². The lowest BCUT2D eigenvalue weighted by atomic mass is 10.3. The number of pyridine rings is 1. The van der Waals surface area contributed by atoms with E-state index < -0.39 is 9.84 Å². The average Bonchev–Trinajstić information content (AvgIpc) is 2.14. The quantitative estimate of drug-likeness (QED) is 0.852. The van der Waals surface area contributed by atoms with Gasteiger partial charge in [0, 0.05) is 32.6 Å². The Bertz CT molecular complexity index is 471. The number of aromatic nitrogens is 1. The number of rotatable bonds is 5. The Kier molecular flexibility index (Phi) is 4.34. The van der Waals surface area contributed by atoms with E-state index in [1.807, 2.05) is 32.0 Å². The number of sulfone groups is 1. The minimum absolute atomic E-state index is 0.106. The van der Waals surface area contributed by atoms with Crippen LogP contribution in [-0.2, 0) is 9.84 Å². The summed E-state index contributed by atoms with van der Waals surface area (Å²) in [6.45, 7) is 1.84. The number of anilines is 2. The lowest BCUT2D eigenvalue weighted by Gasteiger charge is -2.20. The van der Waals surface area contributed by atoms with Gasteiger partial charge < -0.3 is 10.2 Å². The maximum Gasteiger partial charge on any atom is 0.149 e. The Labute approximate surface area is 103 Å². The lowest BCUT2D eigenvalue weighted by molar-refractivity contribution is 0.598. The molecule has 0 aliphatic carbocycles. The fraction of sp³-hybridized carbons (Fsp3) is 0.545. The van der Waals surface area contributed by atoms with Crippen molar-refractivity contribution in [3.63, 3.8) is 0 Å². The van der Waals surface area contributed by atoms with Crippen LogP contribution in [0.4, 0.5) is 11.4 Å². The summed E-state index contributed by atoms with van der Waals surface area (Å²) in [5.41, 5.74) is 1.83. The molecule has 1 N–H and O–H groups in total. The zero-order valence-electron chi connectivity index (χ0n) is 10.6. The zero-order chi connectivity index (χ0) is 13.1. The van der Waals surface area contributed by atoms with E-state index in [2.05, 4.69) is 10.3 Å². The van der Waals surface area contributed by atoms with Crippen LogP contribution in [-0.4, -0.2) is 45.5 Å². The second-order valence-electron chi connectivity index (χ2n) is 4.43. The molecule has 0 spiro atoms. The Hall–Kier alpha value is -1.30. The van der Waals surface area contributed by atoms with E-state index in [4.69, 9.17) is 0 Å². The first-order valence-corrected chi connectivity index (χ1v) is 7.41. The summed E-state index contributed by atoms with van der Waals surface area (Å²) in [6, 6.07) is 1.74. The molecule has 1 aromatic rings. The average molecular weight is 257 g/mol. The molecular weight excluding hydrogens is 238 g/mol. The van der Waals surface area contributed by atoms with Gasteiger partial charge in [-0.2, -0.15) is 0 Å². The van der Waals surface area contributed by atoms with Crippen molar-refractivity contribution in [3.05, 3.63) is 18.5 Å². The third-order valence-electron chi connectivity index (χ3n) is 2.23. The maximum atomic E-state index is 11.2. The molecule has 1 unspecified atom stereocenters. The Morgan fingerprint density at radius 3 is 2.65 bits per heavy atom. The molecule has 6 heteroatoms. The minimum Gasteiger partial charge on any atom is -0.379 e. The molecule has 0 saturated heterocycles. The Morgan fingerprint density at radius 1 is 1.47 bits per heavy atom. The molecule has 96 valence electrons. The summed E-state index contributed by atoms with van der Waals surface area (Å²) in [7, 11) is 0.891. The first-order valence-electron chi connectivity index (χ1n) is 5.35. The van der Waals surface area contributed by atoms with Gasteiger partial charge in [-0.25, -0.2) is 8.42 Å². The highest BCUT2D eigenvalue weighted by atomic mass is 32.2. The SMILES string of the molecule is CC(CS(C)(=O)=O)Nc1cnccc1N(C)C. The third-order valence-corrected chi connectivity index (χ3v) is 3.34.